The maximum atomic E-state index is 14.0. The van der Waals surface area contributed by atoms with Gasteiger partial charge < -0.3 is 4.57 Å². The van der Waals surface area contributed by atoms with Gasteiger partial charge in [0.2, 0.25) is 0 Å². The number of alkyl halides is 2. The Labute approximate surface area is 93.7 Å². The number of aryl methyl sites for hydroxylation is 1. The molecule has 0 aliphatic heterocycles. The lowest BCUT2D eigenvalue weighted by atomic mass is 9.97. The molecule has 0 saturated carbocycles. The second kappa shape index (κ2) is 3.58. The Balaban J connectivity index is 2.71. The fraction of sp³-hybridized carbons (Fsp3) is 0.385. The number of para-hydroxylation sites is 1. The summed E-state index contributed by atoms with van der Waals surface area (Å²) in [6.07, 6.45) is 1.53. The number of aromatic nitrogens is 1. The first-order valence-corrected chi connectivity index (χ1v) is 5.37. The molecule has 0 amide bonds. The lowest BCUT2D eigenvalue weighted by molar-refractivity contribution is -0.0500. The fourth-order valence-electron chi connectivity index (χ4n) is 1.92. The fourth-order valence-corrected chi connectivity index (χ4v) is 1.92. The Morgan fingerprint density at radius 2 is 1.81 bits per heavy atom. The lowest BCUT2D eigenvalue weighted by Crippen LogP contribution is -2.20. The molecule has 0 aliphatic rings. The first-order valence-electron chi connectivity index (χ1n) is 5.37. The zero-order valence-electron chi connectivity index (χ0n) is 9.67. The van der Waals surface area contributed by atoms with Crippen LogP contribution in [0.1, 0.15) is 19.4 Å². The second-order valence-corrected chi connectivity index (χ2v) is 4.45. The third kappa shape index (κ3) is 1.51. The highest BCUT2D eigenvalue weighted by atomic mass is 19.3. The van der Waals surface area contributed by atoms with Crippen LogP contribution in [0.3, 0.4) is 0 Å². The van der Waals surface area contributed by atoms with Crippen LogP contribution in [0.5, 0.6) is 0 Å². The van der Waals surface area contributed by atoms with Gasteiger partial charge in [0.05, 0.1) is 0 Å². The molecule has 16 heavy (non-hydrogen) atoms. The number of rotatable bonds is 2. The second-order valence-electron chi connectivity index (χ2n) is 4.45. The SMILES string of the molecule is CC(C)C(F)(F)c1cn(C)c2ccccc12. The molecule has 1 heterocycles. The average molecular weight is 223 g/mol. The molecule has 0 saturated heterocycles. The summed E-state index contributed by atoms with van der Waals surface area (Å²) in [5, 5.41) is 0.642. The van der Waals surface area contributed by atoms with Crippen LogP contribution in [0, 0.1) is 5.92 Å². The van der Waals surface area contributed by atoms with E-state index in [-0.39, 0.29) is 5.56 Å². The van der Waals surface area contributed by atoms with Gasteiger partial charge in [0.15, 0.2) is 0 Å². The minimum Gasteiger partial charge on any atom is -0.350 e. The summed E-state index contributed by atoms with van der Waals surface area (Å²) in [5.74, 6) is -3.47. The van der Waals surface area contributed by atoms with Gasteiger partial charge in [0.1, 0.15) is 0 Å². The van der Waals surface area contributed by atoms with Gasteiger partial charge in [-0.15, -0.1) is 0 Å². The summed E-state index contributed by atoms with van der Waals surface area (Å²) >= 11 is 0. The van der Waals surface area contributed by atoms with Gasteiger partial charge in [0.25, 0.3) is 5.92 Å². The smallest absolute Gasteiger partial charge is 0.277 e. The van der Waals surface area contributed by atoms with Gasteiger partial charge in [-0.25, -0.2) is 8.78 Å². The van der Waals surface area contributed by atoms with Gasteiger partial charge in [-0.1, -0.05) is 32.0 Å². The Hall–Kier alpha value is -1.38. The third-order valence-corrected chi connectivity index (χ3v) is 2.98. The highest BCUT2D eigenvalue weighted by Gasteiger charge is 2.38. The molecule has 1 aromatic carbocycles. The summed E-state index contributed by atoms with van der Waals surface area (Å²) in [4.78, 5) is 0. The number of fused-ring (bicyclic) bond motifs is 1. The molecule has 0 atom stereocenters. The zero-order valence-corrected chi connectivity index (χ0v) is 9.67. The minimum absolute atomic E-state index is 0.126. The van der Waals surface area contributed by atoms with Crippen molar-refractivity contribution in [2.24, 2.45) is 13.0 Å². The van der Waals surface area contributed by atoms with Gasteiger partial charge in [-0.2, -0.15) is 0 Å². The maximum Gasteiger partial charge on any atom is 0.277 e. The predicted molar refractivity (Wildman–Crippen MR) is 61.7 cm³/mol. The number of nitrogens with zero attached hydrogens (tertiary/aromatic N) is 1. The van der Waals surface area contributed by atoms with E-state index in [1.807, 2.05) is 12.1 Å². The molecule has 0 N–H and O–H groups in total. The summed E-state index contributed by atoms with van der Waals surface area (Å²) in [6.45, 7) is 3.09. The first kappa shape index (κ1) is 11.1. The Morgan fingerprint density at radius 1 is 1.19 bits per heavy atom. The summed E-state index contributed by atoms with van der Waals surface area (Å²) < 4.78 is 29.8. The number of benzene rings is 1. The van der Waals surface area contributed by atoms with Crippen molar-refractivity contribution in [3.05, 3.63) is 36.0 Å². The van der Waals surface area contributed by atoms with E-state index in [1.54, 1.807) is 37.6 Å². The Kier molecular flexibility index (Phi) is 2.49. The number of halogens is 2. The third-order valence-electron chi connectivity index (χ3n) is 2.98. The average Bonchev–Trinajstić information content (AvgIpc) is 2.57. The number of hydrogen-bond acceptors (Lipinski definition) is 0. The molecule has 86 valence electrons. The highest BCUT2D eigenvalue weighted by Crippen LogP contribution is 2.39. The number of hydrogen-bond donors (Lipinski definition) is 0. The summed E-state index contributed by atoms with van der Waals surface area (Å²) in [6, 6.07) is 7.26. The quantitative estimate of drug-likeness (QED) is 0.727. The van der Waals surface area contributed by atoms with E-state index in [0.29, 0.717) is 5.39 Å². The van der Waals surface area contributed by atoms with Gasteiger partial charge in [0, 0.05) is 35.6 Å². The molecule has 0 spiro atoms. The minimum atomic E-state index is -2.78. The monoisotopic (exact) mass is 223 g/mol. The molecule has 0 unspecified atom stereocenters. The first-order chi connectivity index (χ1) is 7.44. The van der Waals surface area contributed by atoms with E-state index < -0.39 is 11.8 Å². The molecule has 1 nitrogen and oxygen atoms in total. The summed E-state index contributed by atoms with van der Waals surface area (Å²) in [5.41, 5.74) is 0.971. The Morgan fingerprint density at radius 3 is 2.44 bits per heavy atom. The molecular weight excluding hydrogens is 208 g/mol. The van der Waals surface area contributed by atoms with E-state index in [9.17, 15) is 8.78 Å². The van der Waals surface area contributed by atoms with E-state index in [1.165, 1.54) is 6.20 Å². The van der Waals surface area contributed by atoms with Crippen molar-refractivity contribution in [3.63, 3.8) is 0 Å². The molecule has 2 rings (SSSR count). The zero-order chi connectivity index (χ0) is 11.9. The molecule has 0 aliphatic carbocycles. The maximum absolute atomic E-state index is 14.0. The van der Waals surface area contributed by atoms with Gasteiger partial charge in [-0.3, -0.25) is 0 Å². The van der Waals surface area contributed by atoms with Crippen molar-refractivity contribution in [2.45, 2.75) is 19.8 Å². The predicted octanol–water partition coefficient (Wildman–Crippen LogP) is 3.93. The van der Waals surface area contributed by atoms with Crippen LogP contribution in [0.15, 0.2) is 30.5 Å². The molecule has 2 aromatic rings. The van der Waals surface area contributed by atoms with Gasteiger partial charge in [-0.05, 0) is 6.07 Å². The van der Waals surface area contributed by atoms with Crippen molar-refractivity contribution in [2.75, 3.05) is 0 Å². The highest BCUT2D eigenvalue weighted by molar-refractivity contribution is 5.84. The van der Waals surface area contributed by atoms with E-state index >= 15 is 0 Å². The van der Waals surface area contributed by atoms with Crippen LogP contribution in [0.2, 0.25) is 0 Å². The largest absolute Gasteiger partial charge is 0.350 e. The molecule has 0 radical (unpaired) electrons. The topological polar surface area (TPSA) is 4.93 Å². The molecule has 3 heteroatoms. The van der Waals surface area contributed by atoms with Crippen LogP contribution in [-0.4, -0.2) is 4.57 Å². The molecule has 0 fully saturated rings. The van der Waals surface area contributed by atoms with E-state index in [2.05, 4.69) is 0 Å². The normalized spacial score (nSPS) is 12.6. The van der Waals surface area contributed by atoms with Crippen LogP contribution in [0.4, 0.5) is 8.78 Å². The van der Waals surface area contributed by atoms with Crippen molar-refractivity contribution in [3.8, 4) is 0 Å². The lowest BCUT2D eigenvalue weighted by Gasteiger charge is -2.19. The standard InChI is InChI=1S/C13H15F2N/c1-9(2)13(14,15)11-8-16(3)12-7-5-4-6-10(11)12/h4-9H,1-3H3. The molecule has 1 aromatic heterocycles. The van der Waals surface area contributed by atoms with Crippen LogP contribution in [0.25, 0.3) is 10.9 Å². The summed E-state index contributed by atoms with van der Waals surface area (Å²) in [7, 11) is 1.79. The van der Waals surface area contributed by atoms with Crippen LogP contribution >= 0.6 is 0 Å². The van der Waals surface area contributed by atoms with E-state index in [4.69, 9.17) is 0 Å². The van der Waals surface area contributed by atoms with Crippen LogP contribution in [-0.2, 0) is 13.0 Å². The van der Waals surface area contributed by atoms with Gasteiger partial charge >= 0.3 is 0 Å². The molecular formula is C13H15F2N. The van der Waals surface area contributed by atoms with Crippen molar-refractivity contribution >= 4 is 10.9 Å². The van der Waals surface area contributed by atoms with Crippen molar-refractivity contribution in [1.82, 2.24) is 4.57 Å². The van der Waals surface area contributed by atoms with Crippen molar-refractivity contribution < 1.29 is 8.78 Å². The van der Waals surface area contributed by atoms with Crippen LogP contribution < -0.4 is 0 Å². The molecule has 0 bridgehead atoms. The van der Waals surface area contributed by atoms with E-state index in [0.717, 1.165) is 5.52 Å². The Bertz CT molecular complexity index is 512. The van der Waals surface area contributed by atoms with Crippen molar-refractivity contribution in [1.29, 1.82) is 0 Å².